The molecule has 1 amide bonds. The molecule has 1 aromatic carbocycles. The molecule has 1 aliphatic heterocycles. The van der Waals surface area contributed by atoms with E-state index in [1.54, 1.807) is 10.2 Å². The standard InChI is InChI=1S/C21H15F6N9O/c1-28-14-3-2-11(6-13(14)21(25,26)27)36-5-4-12-16(8-36)31-10-32-17(12)33-19-29-7-15(34-35-19)18(37)30-9-20(22,23)24/h2-3,6-7,10H,4-5,8-9H2,(H,30,37)(H,29,31,32,33,35). The van der Waals surface area contributed by atoms with Crippen LogP contribution in [0.5, 0.6) is 0 Å². The lowest BCUT2D eigenvalue weighted by atomic mass is 10.0. The second-order valence-corrected chi connectivity index (χ2v) is 7.72. The monoisotopic (exact) mass is 523 g/mol. The molecule has 0 bridgehead atoms. The Labute approximate surface area is 204 Å². The molecule has 0 atom stereocenters. The molecule has 0 spiro atoms. The van der Waals surface area contributed by atoms with Gasteiger partial charge in [0.25, 0.3) is 5.91 Å². The Balaban J connectivity index is 1.48. The maximum Gasteiger partial charge on any atom is 0.407 e. The van der Waals surface area contributed by atoms with Crippen LogP contribution in [-0.2, 0) is 19.1 Å². The van der Waals surface area contributed by atoms with Crippen molar-refractivity contribution in [3.8, 4) is 0 Å². The minimum Gasteiger partial charge on any atom is -0.365 e. The number of hydrogen-bond donors (Lipinski definition) is 2. The van der Waals surface area contributed by atoms with E-state index < -0.39 is 41.7 Å². The second kappa shape index (κ2) is 9.84. The Hall–Kier alpha value is -4.55. The van der Waals surface area contributed by atoms with E-state index in [2.05, 4.69) is 35.3 Å². The number of alkyl halides is 6. The molecule has 1 aliphatic rings. The molecule has 0 saturated heterocycles. The van der Waals surface area contributed by atoms with Crippen LogP contribution in [-0.4, -0.2) is 50.3 Å². The van der Waals surface area contributed by atoms with Gasteiger partial charge in [-0.25, -0.2) is 19.8 Å². The van der Waals surface area contributed by atoms with Crippen LogP contribution in [0.15, 0.2) is 30.7 Å². The molecule has 4 rings (SSSR count). The molecule has 0 saturated carbocycles. The fourth-order valence-electron chi connectivity index (χ4n) is 3.54. The number of anilines is 3. The third-order valence-electron chi connectivity index (χ3n) is 5.25. The van der Waals surface area contributed by atoms with Crippen LogP contribution in [0, 0.1) is 6.57 Å². The molecular weight excluding hydrogens is 508 g/mol. The predicted molar refractivity (Wildman–Crippen MR) is 116 cm³/mol. The fraction of sp³-hybridized carbons (Fsp3) is 0.286. The maximum atomic E-state index is 13.4. The molecule has 10 nitrogen and oxygen atoms in total. The zero-order valence-electron chi connectivity index (χ0n) is 18.5. The van der Waals surface area contributed by atoms with E-state index in [0.29, 0.717) is 30.0 Å². The summed E-state index contributed by atoms with van der Waals surface area (Å²) in [5.41, 5.74) is -0.454. The summed E-state index contributed by atoms with van der Waals surface area (Å²) in [6.07, 6.45) is -6.73. The number of nitrogens with one attached hydrogen (secondary N) is 2. The molecule has 0 fully saturated rings. The van der Waals surface area contributed by atoms with Crippen LogP contribution < -0.4 is 15.5 Å². The van der Waals surface area contributed by atoms with Gasteiger partial charge in [-0.1, -0.05) is 6.07 Å². The molecular formula is C21H15F6N9O. The minimum atomic E-state index is -4.68. The first-order valence-electron chi connectivity index (χ1n) is 10.4. The molecule has 2 N–H and O–H groups in total. The summed E-state index contributed by atoms with van der Waals surface area (Å²) in [5.74, 6) is -0.873. The van der Waals surface area contributed by atoms with E-state index in [1.807, 2.05) is 0 Å². The summed E-state index contributed by atoms with van der Waals surface area (Å²) in [7, 11) is 0. The minimum absolute atomic E-state index is 0.0831. The highest BCUT2D eigenvalue weighted by atomic mass is 19.4. The molecule has 0 aliphatic carbocycles. The smallest absolute Gasteiger partial charge is 0.365 e. The van der Waals surface area contributed by atoms with Gasteiger partial charge in [0.1, 0.15) is 18.7 Å². The first kappa shape index (κ1) is 25.5. The van der Waals surface area contributed by atoms with Crippen molar-refractivity contribution < 1.29 is 31.1 Å². The summed E-state index contributed by atoms with van der Waals surface area (Å²) in [5, 5.41) is 11.7. The predicted octanol–water partition coefficient (Wildman–Crippen LogP) is 3.83. The Bertz CT molecular complexity index is 1350. The van der Waals surface area contributed by atoms with Gasteiger partial charge in [0.2, 0.25) is 5.95 Å². The largest absolute Gasteiger partial charge is 0.407 e. The highest BCUT2D eigenvalue weighted by Crippen LogP contribution is 2.39. The van der Waals surface area contributed by atoms with E-state index >= 15 is 0 Å². The Morgan fingerprint density at radius 3 is 2.54 bits per heavy atom. The fourth-order valence-corrected chi connectivity index (χ4v) is 3.54. The lowest BCUT2D eigenvalue weighted by molar-refractivity contribution is -0.136. The van der Waals surface area contributed by atoms with Gasteiger partial charge in [-0.15, -0.1) is 10.2 Å². The van der Waals surface area contributed by atoms with Crippen LogP contribution in [0.2, 0.25) is 0 Å². The van der Waals surface area contributed by atoms with Crippen molar-refractivity contribution in [1.29, 1.82) is 0 Å². The second-order valence-electron chi connectivity index (χ2n) is 7.72. The topological polar surface area (TPSA) is 113 Å². The third-order valence-corrected chi connectivity index (χ3v) is 5.25. The van der Waals surface area contributed by atoms with Crippen molar-refractivity contribution in [3.63, 3.8) is 0 Å². The number of carbonyl (C=O) groups is 1. The van der Waals surface area contributed by atoms with E-state index in [4.69, 9.17) is 6.57 Å². The van der Waals surface area contributed by atoms with E-state index in [1.165, 1.54) is 12.4 Å². The molecule has 37 heavy (non-hydrogen) atoms. The molecule has 3 aromatic rings. The van der Waals surface area contributed by atoms with E-state index in [9.17, 15) is 31.1 Å². The summed E-state index contributed by atoms with van der Waals surface area (Å²) in [6.45, 7) is 5.93. The zero-order valence-corrected chi connectivity index (χ0v) is 18.5. The first-order chi connectivity index (χ1) is 17.4. The van der Waals surface area contributed by atoms with E-state index in [0.717, 1.165) is 18.3 Å². The molecule has 2 aromatic heterocycles. The SMILES string of the molecule is [C-]#[N+]c1ccc(N2CCc3c(ncnc3Nc3ncc(C(=O)NCC(F)(F)F)nn3)C2)cc1C(F)(F)F. The molecule has 3 heterocycles. The van der Waals surface area contributed by atoms with Gasteiger partial charge in [0, 0.05) is 17.8 Å². The quantitative estimate of drug-likeness (QED) is 0.383. The number of nitrogens with zero attached hydrogens (tertiary/aromatic N) is 7. The number of rotatable bonds is 5. The Morgan fingerprint density at radius 1 is 1.11 bits per heavy atom. The van der Waals surface area contributed by atoms with E-state index in [-0.39, 0.29) is 18.2 Å². The first-order valence-corrected chi connectivity index (χ1v) is 10.4. The maximum absolute atomic E-state index is 13.4. The number of carbonyl (C=O) groups excluding carboxylic acids is 1. The van der Waals surface area contributed by atoms with Crippen molar-refractivity contribution in [3.05, 3.63) is 64.7 Å². The lowest BCUT2D eigenvalue weighted by Gasteiger charge is -2.31. The zero-order chi connectivity index (χ0) is 26.8. The highest BCUT2D eigenvalue weighted by molar-refractivity contribution is 5.91. The molecule has 16 heteroatoms. The van der Waals surface area contributed by atoms with Gasteiger partial charge in [-0.05, 0) is 18.6 Å². The van der Waals surface area contributed by atoms with Crippen molar-refractivity contribution in [2.45, 2.75) is 25.3 Å². The summed E-state index contributed by atoms with van der Waals surface area (Å²) in [6, 6.07) is 3.51. The summed E-state index contributed by atoms with van der Waals surface area (Å²) < 4.78 is 76.8. The Kier molecular flexibility index (Phi) is 6.79. The van der Waals surface area contributed by atoms with Crippen molar-refractivity contribution >= 4 is 29.0 Å². The number of amides is 1. The van der Waals surface area contributed by atoms with Crippen LogP contribution in [0.4, 0.5) is 49.5 Å². The summed E-state index contributed by atoms with van der Waals surface area (Å²) in [4.78, 5) is 28.6. The third kappa shape index (κ3) is 6.00. The van der Waals surface area contributed by atoms with Crippen molar-refractivity contribution in [2.75, 3.05) is 23.3 Å². The summed E-state index contributed by atoms with van der Waals surface area (Å²) >= 11 is 0. The van der Waals surface area contributed by atoms with Gasteiger partial charge >= 0.3 is 12.4 Å². The molecule has 192 valence electrons. The average Bonchev–Trinajstić information content (AvgIpc) is 2.86. The van der Waals surface area contributed by atoms with Crippen molar-refractivity contribution in [1.82, 2.24) is 30.5 Å². The lowest BCUT2D eigenvalue weighted by Crippen LogP contribution is -2.34. The molecule has 0 radical (unpaired) electrons. The Morgan fingerprint density at radius 2 is 1.89 bits per heavy atom. The van der Waals surface area contributed by atoms with Gasteiger partial charge in [-0.2, -0.15) is 26.3 Å². The van der Waals surface area contributed by atoms with Gasteiger partial charge in [0.05, 0.1) is 30.6 Å². The number of halogens is 6. The highest BCUT2D eigenvalue weighted by Gasteiger charge is 2.34. The average molecular weight is 523 g/mol. The number of hydrogen-bond acceptors (Lipinski definition) is 8. The number of benzene rings is 1. The van der Waals surface area contributed by atoms with Crippen LogP contribution in [0.3, 0.4) is 0 Å². The van der Waals surface area contributed by atoms with Gasteiger partial charge in [0.15, 0.2) is 11.4 Å². The number of aromatic nitrogens is 5. The van der Waals surface area contributed by atoms with Crippen molar-refractivity contribution in [2.24, 2.45) is 0 Å². The van der Waals surface area contributed by atoms with Gasteiger partial charge < -0.3 is 15.5 Å². The van der Waals surface area contributed by atoms with Crippen LogP contribution >= 0.6 is 0 Å². The van der Waals surface area contributed by atoms with Gasteiger partial charge in [-0.3, -0.25) is 4.79 Å². The normalized spacial score (nSPS) is 13.5. The van der Waals surface area contributed by atoms with Crippen LogP contribution in [0.25, 0.3) is 4.85 Å². The molecule has 0 unspecified atom stereocenters. The number of fused-ring (bicyclic) bond motifs is 1. The van der Waals surface area contributed by atoms with Crippen LogP contribution in [0.1, 0.15) is 27.3 Å².